The molecule has 5 N–H and O–H groups in total. The van der Waals surface area contributed by atoms with Crippen LogP contribution in [-0.4, -0.2) is 61.3 Å². The van der Waals surface area contributed by atoms with Gasteiger partial charge in [0, 0.05) is 30.4 Å². The quantitative estimate of drug-likeness (QED) is 0.106. The van der Waals surface area contributed by atoms with Gasteiger partial charge in [0.15, 0.2) is 0 Å². The van der Waals surface area contributed by atoms with Gasteiger partial charge in [-0.25, -0.2) is 13.8 Å². The smallest absolute Gasteiger partial charge is 0.243 e. The number of hydrogen-bond donors (Lipinski definition) is 5. The lowest BCUT2D eigenvalue weighted by atomic mass is 9.82. The van der Waals surface area contributed by atoms with Gasteiger partial charge in [-0.1, -0.05) is 74.6 Å². The lowest BCUT2D eigenvalue weighted by Gasteiger charge is -2.33. The third-order valence-corrected chi connectivity index (χ3v) is 9.69. The van der Waals surface area contributed by atoms with Gasteiger partial charge in [-0.05, 0) is 73.4 Å². The maximum atomic E-state index is 14.8. The van der Waals surface area contributed by atoms with Crippen LogP contribution in [-0.2, 0) is 35.3 Å². The first kappa shape index (κ1) is 36.8. The highest BCUT2D eigenvalue weighted by molar-refractivity contribution is 5.89. The number of amides is 2. The summed E-state index contributed by atoms with van der Waals surface area (Å²) in [5.41, 5.74) is 1.90. The molecule has 0 bridgehead atoms. The lowest BCUT2D eigenvalue weighted by molar-refractivity contribution is -0.132. The van der Waals surface area contributed by atoms with Gasteiger partial charge in [0.25, 0.3) is 0 Å². The maximum absolute atomic E-state index is 14.8. The van der Waals surface area contributed by atoms with E-state index in [4.69, 9.17) is 0 Å². The molecule has 2 aromatic heterocycles. The molecule has 0 radical (unpaired) electrons. The first-order chi connectivity index (χ1) is 24.3. The Kier molecular flexibility index (Phi) is 13.6. The van der Waals surface area contributed by atoms with Gasteiger partial charge in [0.05, 0.1) is 24.2 Å². The van der Waals surface area contributed by atoms with Gasteiger partial charge in [-0.15, -0.1) is 0 Å². The largest absolute Gasteiger partial charge is 0.390 e. The van der Waals surface area contributed by atoms with Crippen LogP contribution in [0.1, 0.15) is 67.5 Å². The Bertz CT molecular complexity index is 1590. The second-order valence-electron chi connectivity index (χ2n) is 13.4. The fourth-order valence-corrected chi connectivity index (χ4v) is 6.86. The third-order valence-electron chi connectivity index (χ3n) is 9.69. The molecule has 50 heavy (non-hydrogen) atoms. The third kappa shape index (κ3) is 10.8. The van der Waals surface area contributed by atoms with E-state index in [9.17, 15) is 28.6 Å². The van der Waals surface area contributed by atoms with E-state index in [1.54, 1.807) is 48.8 Å². The van der Waals surface area contributed by atoms with Crippen LogP contribution in [0.2, 0.25) is 0 Å². The highest BCUT2D eigenvalue weighted by Gasteiger charge is 2.34. The molecule has 4 aromatic rings. The first-order valence-electron chi connectivity index (χ1n) is 17.6. The number of aromatic nitrogens is 3. The van der Waals surface area contributed by atoms with Crippen LogP contribution in [0.4, 0.5) is 8.78 Å². The molecular weight excluding hydrogens is 640 g/mol. The van der Waals surface area contributed by atoms with Gasteiger partial charge in [-0.2, -0.15) is 0 Å². The molecule has 2 aromatic carbocycles. The number of carbonyl (C=O) groups excluding carboxylic acids is 2. The SMILES string of the molecule is O=C(NC(Cc1c[nH]cn1)C(=O)N[C@@H](CC1CCCCC1)[C@@H](O)[C@@H](O)CCc1ccccn1)C(Cc1ccccc1F)Cc1ccccc1F. The standard InChI is InChI=1S/C39H47F2N5O4/c40-32-15-6-4-12-27(32)21-29(22-28-13-5-7-16-33(28)41)38(49)46-35(23-31-24-42-25-44-31)39(50)45-34(20-26-10-2-1-3-11-26)37(48)36(47)18-17-30-14-8-9-19-43-30/h4-9,12-16,19,24-26,29,34-37,47-48H,1-3,10-11,17-18,20-23H2,(H,42,44)(H,45,50)(H,46,49)/t34-,35?,36-,37+/m0/s1. The van der Waals surface area contributed by atoms with Gasteiger partial charge in [0.1, 0.15) is 23.8 Å². The maximum Gasteiger partial charge on any atom is 0.243 e. The molecule has 0 saturated heterocycles. The topological polar surface area (TPSA) is 140 Å². The van der Waals surface area contributed by atoms with E-state index in [0.717, 1.165) is 37.8 Å². The number of nitrogens with zero attached hydrogens (tertiary/aromatic N) is 2. The van der Waals surface area contributed by atoms with E-state index in [-0.39, 0.29) is 31.6 Å². The van der Waals surface area contributed by atoms with Crippen LogP contribution in [0.3, 0.4) is 0 Å². The van der Waals surface area contributed by atoms with Gasteiger partial charge >= 0.3 is 0 Å². The summed E-state index contributed by atoms with van der Waals surface area (Å²) in [4.78, 5) is 39.6. The number of pyridine rings is 1. The minimum absolute atomic E-state index is 0.0188. The Labute approximate surface area is 292 Å². The van der Waals surface area contributed by atoms with Crippen molar-refractivity contribution < 1.29 is 28.6 Å². The second kappa shape index (κ2) is 18.5. The van der Waals surface area contributed by atoms with E-state index in [2.05, 4.69) is 25.6 Å². The number of aliphatic hydroxyl groups excluding tert-OH is 2. The molecule has 1 fully saturated rings. The van der Waals surface area contributed by atoms with Crippen LogP contribution in [0.15, 0.2) is 85.5 Å². The normalized spacial score (nSPS) is 16.0. The van der Waals surface area contributed by atoms with Crippen molar-refractivity contribution in [3.05, 3.63) is 120 Å². The zero-order valence-corrected chi connectivity index (χ0v) is 28.2. The highest BCUT2D eigenvalue weighted by Crippen LogP contribution is 2.29. The molecule has 0 spiro atoms. The molecule has 1 aliphatic carbocycles. The number of aryl methyl sites for hydroxylation is 1. The van der Waals surface area contributed by atoms with E-state index in [1.807, 2.05) is 18.2 Å². The zero-order valence-electron chi connectivity index (χ0n) is 28.2. The van der Waals surface area contributed by atoms with Crippen molar-refractivity contribution in [2.45, 2.75) is 94.9 Å². The van der Waals surface area contributed by atoms with Gasteiger partial charge < -0.3 is 25.8 Å². The molecule has 2 amide bonds. The summed E-state index contributed by atoms with van der Waals surface area (Å²) in [5.74, 6) is -2.70. The minimum Gasteiger partial charge on any atom is -0.390 e. The second-order valence-corrected chi connectivity index (χ2v) is 13.4. The monoisotopic (exact) mass is 687 g/mol. The number of aromatic amines is 1. The van der Waals surface area contributed by atoms with Crippen molar-refractivity contribution in [2.75, 3.05) is 0 Å². The lowest BCUT2D eigenvalue weighted by Crippen LogP contribution is -2.56. The average molecular weight is 688 g/mol. The van der Waals surface area contributed by atoms with E-state index in [0.29, 0.717) is 29.7 Å². The number of carbonyl (C=O) groups is 2. The minimum atomic E-state index is -1.26. The number of aliphatic hydroxyl groups is 2. The van der Waals surface area contributed by atoms with Crippen molar-refractivity contribution in [1.82, 2.24) is 25.6 Å². The van der Waals surface area contributed by atoms with E-state index < -0.39 is 53.7 Å². The molecule has 1 aliphatic rings. The van der Waals surface area contributed by atoms with Gasteiger partial charge in [-0.3, -0.25) is 14.6 Å². The van der Waals surface area contributed by atoms with Crippen LogP contribution < -0.4 is 10.6 Å². The summed E-state index contributed by atoms with van der Waals surface area (Å²) in [6.45, 7) is 0. The van der Waals surface area contributed by atoms with Crippen molar-refractivity contribution >= 4 is 11.8 Å². The van der Waals surface area contributed by atoms with E-state index in [1.165, 1.54) is 18.5 Å². The summed E-state index contributed by atoms with van der Waals surface area (Å²) < 4.78 is 29.5. The Morgan fingerprint density at radius 1 is 0.800 bits per heavy atom. The number of hydrogen-bond acceptors (Lipinski definition) is 6. The number of H-pyrrole nitrogens is 1. The predicted molar refractivity (Wildman–Crippen MR) is 186 cm³/mol. The Morgan fingerprint density at radius 3 is 2.06 bits per heavy atom. The number of benzene rings is 2. The molecule has 1 saturated carbocycles. The summed E-state index contributed by atoms with van der Waals surface area (Å²) in [7, 11) is 0. The van der Waals surface area contributed by atoms with Crippen molar-refractivity contribution in [3.63, 3.8) is 0 Å². The van der Waals surface area contributed by atoms with Crippen molar-refractivity contribution in [2.24, 2.45) is 11.8 Å². The molecule has 1 unspecified atom stereocenters. The molecular formula is C39H47F2N5O4. The highest BCUT2D eigenvalue weighted by atomic mass is 19.1. The van der Waals surface area contributed by atoms with Crippen LogP contribution in [0.25, 0.3) is 0 Å². The summed E-state index contributed by atoms with van der Waals surface area (Å²) >= 11 is 0. The van der Waals surface area contributed by atoms with Crippen LogP contribution >= 0.6 is 0 Å². The molecule has 266 valence electrons. The van der Waals surface area contributed by atoms with E-state index >= 15 is 0 Å². The van der Waals surface area contributed by atoms with Crippen LogP contribution in [0, 0.1) is 23.5 Å². The fourth-order valence-electron chi connectivity index (χ4n) is 6.86. The number of imidazole rings is 1. The number of halogens is 2. The molecule has 11 heteroatoms. The number of rotatable bonds is 17. The fraction of sp³-hybridized carbons (Fsp3) is 0.436. The zero-order chi connectivity index (χ0) is 35.3. The molecule has 5 rings (SSSR count). The van der Waals surface area contributed by atoms with Gasteiger partial charge in [0.2, 0.25) is 11.8 Å². The van der Waals surface area contributed by atoms with Crippen molar-refractivity contribution in [1.29, 1.82) is 0 Å². The molecule has 9 nitrogen and oxygen atoms in total. The first-order valence-corrected chi connectivity index (χ1v) is 17.6. The molecule has 2 heterocycles. The number of nitrogens with one attached hydrogen (secondary N) is 3. The molecule has 0 aliphatic heterocycles. The molecule has 4 atom stereocenters. The van der Waals surface area contributed by atoms with Crippen LogP contribution in [0.5, 0.6) is 0 Å². The summed E-state index contributed by atoms with van der Waals surface area (Å²) in [6, 6.07) is 15.9. The Hall–Kier alpha value is -4.48. The predicted octanol–water partition coefficient (Wildman–Crippen LogP) is 5.02. The Morgan fingerprint density at radius 2 is 1.46 bits per heavy atom. The summed E-state index contributed by atoms with van der Waals surface area (Å²) in [5, 5.41) is 28.4. The average Bonchev–Trinajstić information content (AvgIpc) is 3.65. The van der Waals surface area contributed by atoms with Crippen molar-refractivity contribution in [3.8, 4) is 0 Å². The summed E-state index contributed by atoms with van der Waals surface area (Å²) in [6.07, 6.45) is 8.73. The Balaban J connectivity index is 1.36.